The maximum absolute atomic E-state index is 9.12. The quantitative estimate of drug-likeness (QED) is 0.587. The Morgan fingerprint density at radius 1 is 1.64 bits per heavy atom. The first-order chi connectivity index (χ1) is 5.24. The molecular weight excluding hydrogens is 142 g/mol. The normalized spacial score (nSPS) is 30.3. The van der Waals surface area contributed by atoms with Gasteiger partial charge in [0.05, 0.1) is 0 Å². The molecule has 0 spiro atoms. The van der Waals surface area contributed by atoms with Crippen LogP contribution in [0.15, 0.2) is 0 Å². The van der Waals surface area contributed by atoms with E-state index >= 15 is 0 Å². The Labute approximate surface area is 67.6 Å². The van der Waals surface area contributed by atoms with Crippen molar-refractivity contribution in [1.82, 2.24) is 4.90 Å². The molecule has 65 valence electrons. The van der Waals surface area contributed by atoms with Gasteiger partial charge in [0.25, 0.3) is 0 Å². The van der Waals surface area contributed by atoms with Crippen LogP contribution >= 0.6 is 0 Å². The fourth-order valence-corrected chi connectivity index (χ4v) is 1.52. The summed E-state index contributed by atoms with van der Waals surface area (Å²) in [5.74, 6) is 0.333. The van der Waals surface area contributed by atoms with Crippen molar-refractivity contribution < 1.29 is 10.2 Å². The number of rotatable bonds is 2. The van der Waals surface area contributed by atoms with Crippen molar-refractivity contribution in [2.75, 3.05) is 19.7 Å². The van der Waals surface area contributed by atoms with Crippen molar-refractivity contribution in [3.63, 3.8) is 0 Å². The molecule has 0 aromatic rings. The van der Waals surface area contributed by atoms with E-state index in [0.717, 1.165) is 25.9 Å². The second-order valence-electron chi connectivity index (χ2n) is 3.17. The molecule has 0 saturated carbocycles. The fourth-order valence-electron chi connectivity index (χ4n) is 1.52. The molecule has 1 radical (unpaired) electrons. The Morgan fingerprint density at radius 2 is 2.36 bits per heavy atom. The number of nitrogens with zero attached hydrogens (tertiary/aromatic N) is 1. The van der Waals surface area contributed by atoms with Gasteiger partial charge in [-0.3, -0.25) is 4.90 Å². The SMILES string of the molecule is [CH2]C(O)N1CCCC(CO)C1. The lowest BCUT2D eigenvalue weighted by Crippen LogP contribution is -2.42. The first kappa shape index (κ1) is 8.97. The number of hydrogen-bond donors (Lipinski definition) is 2. The lowest BCUT2D eigenvalue weighted by molar-refractivity contribution is -0.000194. The molecule has 1 aliphatic rings. The molecule has 3 nitrogen and oxygen atoms in total. The third kappa shape index (κ3) is 2.43. The van der Waals surface area contributed by atoms with Crippen molar-refractivity contribution in [1.29, 1.82) is 0 Å². The van der Waals surface area contributed by atoms with E-state index in [1.165, 1.54) is 0 Å². The molecule has 0 aromatic carbocycles. The fraction of sp³-hybridized carbons (Fsp3) is 0.875. The highest BCUT2D eigenvalue weighted by molar-refractivity contribution is 4.74. The van der Waals surface area contributed by atoms with E-state index in [2.05, 4.69) is 6.92 Å². The third-order valence-electron chi connectivity index (χ3n) is 2.23. The van der Waals surface area contributed by atoms with Gasteiger partial charge in [0.1, 0.15) is 6.23 Å². The Bertz CT molecular complexity index is 117. The Morgan fingerprint density at radius 3 is 2.91 bits per heavy atom. The highest BCUT2D eigenvalue weighted by Gasteiger charge is 2.21. The van der Waals surface area contributed by atoms with Gasteiger partial charge in [0, 0.05) is 19.7 Å². The van der Waals surface area contributed by atoms with Crippen molar-refractivity contribution in [2.45, 2.75) is 19.1 Å². The van der Waals surface area contributed by atoms with Crippen molar-refractivity contribution in [3.05, 3.63) is 6.92 Å². The Hall–Kier alpha value is -0.120. The van der Waals surface area contributed by atoms with Gasteiger partial charge in [0.2, 0.25) is 0 Å². The van der Waals surface area contributed by atoms with Crippen LogP contribution in [0.25, 0.3) is 0 Å². The number of aliphatic hydroxyl groups is 2. The molecule has 3 heteroatoms. The Balaban J connectivity index is 2.33. The average molecular weight is 158 g/mol. The number of likely N-dealkylation sites (tertiary alicyclic amines) is 1. The summed E-state index contributed by atoms with van der Waals surface area (Å²) >= 11 is 0. The van der Waals surface area contributed by atoms with Crippen LogP contribution in [0.1, 0.15) is 12.8 Å². The first-order valence-corrected chi connectivity index (χ1v) is 4.10. The maximum atomic E-state index is 9.12. The van der Waals surface area contributed by atoms with Gasteiger partial charge in [-0.1, -0.05) is 0 Å². The molecule has 0 bridgehead atoms. The number of hydrogen-bond acceptors (Lipinski definition) is 3. The molecule has 2 atom stereocenters. The molecule has 1 rings (SSSR count). The first-order valence-electron chi connectivity index (χ1n) is 4.10. The van der Waals surface area contributed by atoms with Crippen LogP contribution in [0, 0.1) is 12.8 Å². The summed E-state index contributed by atoms with van der Waals surface area (Å²) < 4.78 is 0. The molecule has 1 aliphatic heterocycles. The lowest BCUT2D eigenvalue weighted by atomic mass is 9.99. The van der Waals surface area contributed by atoms with Crippen LogP contribution in [-0.2, 0) is 0 Å². The van der Waals surface area contributed by atoms with Crippen molar-refractivity contribution >= 4 is 0 Å². The van der Waals surface area contributed by atoms with E-state index in [1.54, 1.807) is 0 Å². The number of piperidine rings is 1. The zero-order chi connectivity index (χ0) is 8.27. The summed E-state index contributed by atoms with van der Waals surface area (Å²) in [6.07, 6.45) is 1.52. The van der Waals surface area contributed by atoms with Gasteiger partial charge in [-0.05, 0) is 25.7 Å². The van der Waals surface area contributed by atoms with Gasteiger partial charge < -0.3 is 10.2 Å². The zero-order valence-corrected chi connectivity index (χ0v) is 6.74. The van der Waals surface area contributed by atoms with Crippen LogP contribution in [0.2, 0.25) is 0 Å². The predicted octanol–water partition coefficient (Wildman–Crippen LogP) is -0.157. The summed E-state index contributed by atoms with van der Waals surface area (Å²) in [5.41, 5.74) is 0. The van der Waals surface area contributed by atoms with Crippen molar-refractivity contribution in [3.8, 4) is 0 Å². The minimum Gasteiger partial charge on any atom is -0.396 e. The lowest BCUT2D eigenvalue weighted by Gasteiger charge is -2.33. The molecule has 1 saturated heterocycles. The van der Waals surface area contributed by atoms with Gasteiger partial charge in [-0.15, -0.1) is 0 Å². The van der Waals surface area contributed by atoms with Gasteiger partial charge in [0.15, 0.2) is 0 Å². The summed E-state index contributed by atoms with van der Waals surface area (Å²) in [4.78, 5) is 1.89. The minimum absolute atomic E-state index is 0.225. The topological polar surface area (TPSA) is 43.7 Å². The van der Waals surface area contributed by atoms with Crippen LogP contribution in [-0.4, -0.2) is 41.0 Å². The number of aliphatic hydroxyl groups excluding tert-OH is 2. The van der Waals surface area contributed by atoms with E-state index in [0.29, 0.717) is 5.92 Å². The highest BCUT2D eigenvalue weighted by Crippen LogP contribution is 2.16. The summed E-state index contributed by atoms with van der Waals surface area (Å²) in [7, 11) is 0. The van der Waals surface area contributed by atoms with E-state index in [9.17, 15) is 0 Å². The van der Waals surface area contributed by atoms with E-state index in [4.69, 9.17) is 10.2 Å². The van der Waals surface area contributed by atoms with E-state index in [-0.39, 0.29) is 6.61 Å². The Kier molecular flexibility index (Phi) is 3.30. The summed E-state index contributed by atoms with van der Waals surface area (Å²) in [6.45, 7) is 5.44. The van der Waals surface area contributed by atoms with Gasteiger partial charge in [-0.2, -0.15) is 0 Å². The second-order valence-corrected chi connectivity index (χ2v) is 3.17. The van der Waals surface area contributed by atoms with Gasteiger partial charge >= 0.3 is 0 Å². The van der Waals surface area contributed by atoms with Crippen LogP contribution < -0.4 is 0 Å². The van der Waals surface area contributed by atoms with Crippen LogP contribution in [0.4, 0.5) is 0 Å². The van der Waals surface area contributed by atoms with E-state index in [1.807, 2.05) is 4.90 Å². The molecule has 0 amide bonds. The third-order valence-corrected chi connectivity index (χ3v) is 2.23. The predicted molar refractivity (Wildman–Crippen MR) is 42.7 cm³/mol. The standard InChI is InChI=1S/C8H16NO2/c1-7(11)9-4-2-3-8(5-9)6-10/h7-8,10-11H,1-6H2. The maximum Gasteiger partial charge on any atom is 0.107 e. The second kappa shape index (κ2) is 4.04. The van der Waals surface area contributed by atoms with Crippen LogP contribution in [0.3, 0.4) is 0 Å². The molecule has 2 N–H and O–H groups in total. The minimum atomic E-state index is -0.607. The zero-order valence-electron chi connectivity index (χ0n) is 6.74. The molecular formula is C8H16NO2. The molecule has 1 heterocycles. The molecule has 1 fully saturated rings. The molecule has 0 aromatic heterocycles. The monoisotopic (exact) mass is 158 g/mol. The van der Waals surface area contributed by atoms with E-state index < -0.39 is 6.23 Å². The highest BCUT2D eigenvalue weighted by atomic mass is 16.3. The van der Waals surface area contributed by atoms with Gasteiger partial charge in [-0.25, -0.2) is 0 Å². The molecule has 0 aliphatic carbocycles. The average Bonchev–Trinajstić information content (AvgIpc) is 2.05. The molecule has 2 unspecified atom stereocenters. The summed E-state index contributed by atoms with van der Waals surface area (Å²) in [5, 5.41) is 18.0. The van der Waals surface area contributed by atoms with Crippen molar-refractivity contribution in [2.24, 2.45) is 5.92 Å². The smallest absolute Gasteiger partial charge is 0.107 e. The van der Waals surface area contributed by atoms with Crippen LogP contribution in [0.5, 0.6) is 0 Å². The largest absolute Gasteiger partial charge is 0.396 e. The molecule has 11 heavy (non-hydrogen) atoms. The summed E-state index contributed by atoms with van der Waals surface area (Å²) in [6, 6.07) is 0.